The molecule has 0 atom stereocenters. The summed E-state index contributed by atoms with van der Waals surface area (Å²) < 4.78 is 11.1. The molecule has 3 rings (SSSR count). The monoisotopic (exact) mass is 295 g/mol. The molecule has 0 spiro atoms. The highest BCUT2D eigenvalue weighted by molar-refractivity contribution is 5.87. The maximum atomic E-state index is 11.3. The van der Waals surface area contributed by atoms with Gasteiger partial charge in [-0.3, -0.25) is 0 Å². The fraction of sp³-hybridized carbons (Fsp3) is 0.0588. The van der Waals surface area contributed by atoms with Crippen LogP contribution in [0, 0.1) is 0 Å². The van der Waals surface area contributed by atoms with Gasteiger partial charge in [-0.15, -0.1) is 0 Å². The number of carboxylic acid groups (broad SMARTS) is 1. The second kappa shape index (κ2) is 6.13. The van der Waals surface area contributed by atoms with E-state index < -0.39 is 5.97 Å². The first-order valence-electron chi connectivity index (χ1n) is 6.70. The topological polar surface area (TPSA) is 72.6 Å². The number of para-hydroxylation sites is 1. The van der Waals surface area contributed by atoms with E-state index in [1.54, 1.807) is 24.3 Å². The third-order valence-electron chi connectivity index (χ3n) is 3.03. The van der Waals surface area contributed by atoms with Gasteiger partial charge in [-0.1, -0.05) is 36.4 Å². The van der Waals surface area contributed by atoms with Gasteiger partial charge in [0.25, 0.3) is 0 Å². The molecule has 0 bridgehead atoms. The normalized spacial score (nSPS) is 10.4. The molecule has 5 heteroatoms. The van der Waals surface area contributed by atoms with Crippen molar-refractivity contribution < 1.29 is 19.1 Å². The maximum absolute atomic E-state index is 11.3. The molecule has 1 aromatic heterocycles. The van der Waals surface area contributed by atoms with Crippen LogP contribution in [0.15, 0.2) is 65.1 Å². The zero-order valence-electron chi connectivity index (χ0n) is 11.6. The van der Waals surface area contributed by atoms with Crippen molar-refractivity contribution in [3.63, 3.8) is 0 Å². The minimum Gasteiger partial charge on any atom is -0.486 e. The van der Waals surface area contributed by atoms with Crippen molar-refractivity contribution in [2.45, 2.75) is 6.61 Å². The molecule has 0 saturated heterocycles. The molecule has 5 nitrogen and oxygen atoms in total. The molecule has 3 aromatic rings. The summed E-state index contributed by atoms with van der Waals surface area (Å²) in [6.45, 7) is 0.00544. The number of hydrogen-bond acceptors (Lipinski definition) is 4. The molecule has 110 valence electrons. The Morgan fingerprint density at radius 3 is 2.32 bits per heavy atom. The van der Waals surface area contributed by atoms with Gasteiger partial charge in [-0.2, -0.15) is 0 Å². The van der Waals surface area contributed by atoms with Crippen molar-refractivity contribution in [3.8, 4) is 17.2 Å². The predicted octanol–water partition coefficient (Wildman–Crippen LogP) is 3.62. The number of hydrogen-bond donors (Lipinski definition) is 1. The van der Waals surface area contributed by atoms with Crippen LogP contribution in [0.25, 0.3) is 11.5 Å². The first kappa shape index (κ1) is 13.9. The van der Waals surface area contributed by atoms with Gasteiger partial charge in [0, 0.05) is 5.56 Å². The van der Waals surface area contributed by atoms with E-state index in [1.165, 1.54) is 0 Å². The first-order valence-corrected chi connectivity index (χ1v) is 6.70. The Labute approximate surface area is 126 Å². The smallest absolute Gasteiger partial charge is 0.358 e. The van der Waals surface area contributed by atoms with E-state index in [0.29, 0.717) is 5.75 Å². The van der Waals surface area contributed by atoms with E-state index in [1.807, 2.05) is 36.4 Å². The molecule has 0 fully saturated rings. The summed E-state index contributed by atoms with van der Waals surface area (Å²) in [6.07, 6.45) is 0. The lowest BCUT2D eigenvalue weighted by Gasteiger charge is -2.03. The van der Waals surface area contributed by atoms with Gasteiger partial charge in [-0.25, -0.2) is 9.78 Å². The largest absolute Gasteiger partial charge is 0.486 e. The van der Waals surface area contributed by atoms with E-state index in [-0.39, 0.29) is 24.0 Å². The van der Waals surface area contributed by atoms with Crippen molar-refractivity contribution in [3.05, 3.63) is 72.1 Å². The van der Waals surface area contributed by atoms with Crippen LogP contribution in [-0.2, 0) is 6.61 Å². The van der Waals surface area contributed by atoms with E-state index >= 15 is 0 Å². The Hall–Kier alpha value is -3.08. The number of aromatic carboxylic acids is 1. The average molecular weight is 295 g/mol. The first-order chi connectivity index (χ1) is 10.7. The standard InChI is InChI=1S/C17H13NO4/c19-17(20)15-14(11-21-13-9-5-2-6-10-13)22-16(18-15)12-7-3-1-4-8-12/h1-10H,11H2,(H,19,20). The van der Waals surface area contributed by atoms with Crippen molar-refractivity contribution in [1.29, 1.82) is 0 Å². The number of aromatic nitrogens is 1. The third-order valence-corrected chi connectivity index (χ3v) is 3.03. The summed E-state index contributed by atoms with van der Waals surface area (Å²) >= 11 is 0. The lowest BCUT2D eigenvalue weighted by molar-refractivity contribution is 0.0686. The van der Waals surface area contributed by atoms with Crippen LogP contribution in [-0.4, -0.2) is 16.1 Å². The Morgan fingerprint density at radius 2 is 1.68 bits per heavy atom. The van der Waals surface area contributed by atoms with Gasteiger partial charge in [0.05, 0.1) is 0 Å². The lowest BCUT2D eigenvalue weighted by atomic mass is 10.2. The van der Waals surface area contributed by atoms with E-state index in [2.05, 4.69) is 4.98 Å². The minimum atomic E-state index is -1.14. The fourth-order valence-electron chi connectivity index (χ4n) is 1.99. The third kappa shape index (κ3) is 2.98. The SMILES string of the molecule is O=C(O)c1nc(-c2ccccc2)oc1COc1ccccc1. The van der Waals surface area contributed by atoms with Crippen LogP contribution in [0.5, 0.6) is 5.75 Å². The van der Waals surface area contributed by atoms with E-state index in [9.17, 15) is 9.90 Å². The number of ether oxygens (including phenoxy) is 1. The molecule has 0 amide bonds. The number of carbonyl (C=O) groups is 1. The molecule has 0 aliphatic heterocycles. The van der Waals surface area contributed by atoms with Crippen LogP contribution in [0.3, 0.4) is 0 Å². The molecule has 0 aliphatic rings. The van der Waals surface area contributed by atoms with Crippen molar-refractivity contribution in [1.82, 2.24) is 4.98 Å². The predicted molar refractivity (Wildman–Crippen MR) is 79.7 cm³/mol. The Morgan fingerprint density at radius 1 is 1.05 bits per heavy atom. The van der Waals surface area contributed by atoms with E-state index in [4.69, 9.17) is 9.15 Å². The van der Waals surface area contributed by atoms with Gasteiger partial charge in [-0.05, 0) is 24.3 Å². The molecule has 1 heterocycles. The highest BCUT2D eigenvalue weighted by atomic mass is 16.5. The number of oxazole rings is 1. The van der Waals surface area contributed by atoms with Crippen molar-refractivity contribution in [2.75, 3.05) is 0 Å². The molecule has 0 aliphatic carbocycles. The quantitative estimate of drug-likeness (QED) is 0.778. The summed E-state index contributed by atoms with van der Waals surface area (Å²) in [5, 5.41) is 9.25. The van der Waals surface area contributed by atoms with Gasteiger partial charge >= 0.3 is 5.97 Å². The summed E-state index contributed by atoms with van der Waals surface area (Å²) in [6, 6.07) is 18.3. The lowest BCUT2D eigenvalue weighted by Crippen LogP contribution is -2.04. The maximum Gasteiger partial charge on any atom is 0.358 e. The van der Waals surface area contributed by atoms with Crippen molar-refractivity contribution in [2.24, 2.45) is 0 Å². The minimum absolute atomic E-state index is 0.00544. The highest BCUT2D eigenvalue weighted by Gasteiger charge is 2.20. The van der Waals surface area contributed by atoms with Gasteiger partial charge in [0.2, 0.25) is 5.89 Å². The molecular weight excluding hydrogens is 282 g/mol. The number of benzene rings is 2. The second-order valence-corrected chi connectivity index (χ2v) is 4.56. The van der Waals surface area contributed by atoms with Gasteiger partial charge < -0.3 is 14.3 Å². The highest BCUT2D eigenvalue weighted by Crippen LogP contribution is 2.23. The van der Waals surface area contributed by atoms with Crippen molar-refractivity contribution >= 4 is 5.97 Å². The van der Waals surface area contributed by atoms with Gasteiger partial charge in [0.1, 0.15) is 12.4 Å². The fourth-order valence-corrected chi connectivity index (χ4v) is 1.99. The molecule has 22 heavy (non-hydrogen) atoms. The Kier molecular flexibility index (Phi) is 3.87. The van der Waals surface area contributed by atoms with Crippen LogP contribution >= 0.6 is 0 Å². The molecule has 1 N–H and O–H groups in total. The molecule has 0 radical (unpaired) electrons. The van der Waals surface area contributed by atoms with Crippen LogP contribution < -0.4 is 4.74 Å². The zero-order chi connectivity index (χ0) is 15.4. The molecule has 0 saturated carbocycles. The Balaban J connectivity index is 1.86. The summed E-state index contributed by atoms with van der Waals surface area (Å²) in [5.41, 5.74) is 0.589. The van der Waals surface area contributed by atoms with Crippen LogP contribution in [0.4, 0.5) is 0 Å². The molecule has 2 aromatic carbocycles. The Bertz CT molecular complexity index is 766. The molecular formula is C17H13NO4. The summed E-state index contributed by atoms with van der Waals surface area (Å²) in [5.74, 6) is -0.0473. The van der Waals surface area contributed by atoms with E-state index in [0.717, 1.165) is 5.56 Å². The number of rotatable bonds is 5. The van der Waals surface area contributed by atoms with Crippen LogP contribution in [0.2, 0.25) is 0 Å². The van der Waals surface area contributed by atoms with Crippen LogP contribution in [0.1, 0.15) is 16.2 Å². The van der Waals surface area contributed by atoms with Gasteiger partial charge in [0.15, 0.2) is 11.5 Å². The number of carboxylic acids is 1. The average Bonchev–Trinajstić information content (AvgIpc) is 2.99. The summed E-state index contributed by atoms with van der Waals surface area (Å²) in [4.78, 5) is 15.3. The second-order valence-electron chi connectivity index (χ2n) is 4.56. The summed E-state index contributed by atoms with van der Waals surface area (Å²) in [7, 11) is 0. The zero-order valence-corrected chi connectivity index (χ0v) is 11.6. The molecule has 0 unspecified atom stereocenters. The number of nitrogens with zero attached hydrogens (tertiary/aromatic N) is 1.